The van der Waals surface area contributed by atoms with Crippen LogP contribution in [0.4, 0.5) is 4.39 Å². The van der Waals surface area contributed by atoms with Crippen LogP contribution < -0.4 is 4.74 Å². The minimum atomic E-state index is -0.497. The molecule has 0 N–H and O–H groups in total. The van der Waals surface area contributed by atoms with Crippen molar-refractivity contribution in [2.75, 3.05) is 33.3 Å². The minimum absolute atomic E-state index is 0.0769. The zero-order valence-electron chi connectivity index (χ0n) is 14.5. The highest BCUT2D eigenvalue weighted by Crippen LogP contribution is 2.28. The van der Waals surface area contributed by atoms with Crippen LogP contribution in [0.3, 0.4) is 0 Å². The molecule has 0 aliphatic carbocycles. The zero-order valence-corrected chi connectivity index (χ0v) is 14.5. The van der Waals surface area contributed by atoms with Crippen molar-refractivity contribution >= 4 is 5.91 Å². The number of likely N-dealkylation sites (tertiary alicyclic amines) is 2. The molecule has 2 aliphatic heterocycles. The average Bonchev–Trinajstić information content (AvgIpc) is 3.13. The number of hydrogen-bond acceptors (Lipinski definition) is 3. The summed E-state index contributed by atoms with van der Waals surface area (Å²) in [6.45, 7) is 4.08. The molecule has 2 fully saturated rings. The van der Waals surface area contributed by atoms with Gasteiger partial charge in [0.2, 0.25) is 0 Å². The molecule has 2 aliphatic rings. The van der Waals surface area contributed by atoms with Crippen molar-refractivity contribution < 1.29 is 13.9 Å². The quantitative estimate of drug-likeness (QED) is 0.828. The Hall–Kier alpha value is -1.62. The molecule has 4 nitrogen and oxygen atoms in total. The Balaban J connectivity index is 1.73. The summed E-state index contributed by atoms with van der Waals surface area (Å²) < 4.78 is 19.5. The van der Waals surface area contributed by atoms with Crippen molar-refractivity contribution in [2.24, 2.45) is 0 Å². The number of rotatable bonds is 5. The van der Waals surface area contributed by atoms with Gasteiger partial charge < -0.3 is 14.5 Å². The Bertz CT molecular complexity index is 572. The van der Waals surface area contributed by atoms with E-state index >= 15 is 0 Å². The fourth-order valence-electron chi connectivity index (χ4n) is 3.93. The van der Waals surface area contributed by atoms with Crippen molar-refractivity contribution in [3.63, 3.8) is 0 Å². The van der Waals surface area contributed by atoms with Crippen molar-refractivity contribution in [1.29, 1.82) is 0 Å². The number of benzene rings is 1. The Morgan fingerprint density at radius 1 is 1.21 bits per heavy atom. The molecule has 1 aromatic rings. The molecule has 2 heterocycles. The number of carbonyl (C=O) groups excluding carboxylic acids is 1. The van der Waals surface area contributed by atoms with Gasteiger partial charge in [-0.1, -0.05) is 6.07 Å². The number of nitrogens with zero attached hydrogens (tertiary/aromatic N) is 2. The van der Waals surface area contributed by atoms with E-state index < -0.39 is 5.82 Å². The van der Waals surface area contributed by atoms with Crippen LogP contribution in [0.1, 0.15) is 48.9 Å². The molecular weight excluding hydrogens is 307 g/mol. The third kappa shape index (κ3) is 3.72. The minimum Gasteiger partial charge on any atom is -0.496 e. The first-order valence-electron chi connectivity index (χ1n) is 9.06. The van der Waals surface area contributed by atoms with Gasteiger partial charge in [0, 0.05) is 19.1 Å². The number of halogens is 1. The van der Waals surface area contributed by atoms with E-state index in [1.165, 1.54) is 39.1 Å². The molecule has 2 saturated heterocycles. The summed E-state index contributed by atoms with van der Waals surface area (Å²) in [5, 5.41) is 0. The molecule has 132 valence electrons. The summed E-state index contributed by atoms with van der Waals surface area (Å²) in [5.41, 5.74) is 0.0769. The van der Waals surface area contributed by atoms with E-state index in [4.69, 9.17) is 4.74 Å². The van der Waals surface area contributed by atoms with Crippen LogP contribution in [-0.4, -0.2) is 55.0 Å². The SMILES string of the molecule is COc1cccc(F)c1C(=O)N1CCCC[C@@H]1CCN1CCCC1. The van der Waals surface area contributed by atoms with Crippen molar-refractivity contribution in [1.82, 2.24) is 9.80 Å². The molecule has 24 heavy (non-hydrogen) atoms. The largest absolute Gasteiger partial charge is 0.496 e. The zero-order chi connectivity index (χ0) is 16.9. The summed E-state index contributed by atoms with van der Waals surface area (Å²) in [7, 11) is 1.48. The lowest BCUT2D eigenvalue weighted by molar-refractivity contribution is 0.0579. The van der Waals surface area contributed by atoms with Gasteiger partial charge in [-0.15, -0.1) is 0 Å². The highest BCUT2D eigenvalue weighted by Gasteiger charge is 2.31. The molecule has 0 bridgehead atoms. The maximum Gasteiger partial charge on any atom is 0.260 e. The summed E-state index contributed by atoms with van der Waals surface area (Å²) >= 11 is 0. The Kier molecular flexibility index (Phi) is 5.72. The third-order valence-corrected chi connectivity index (χ3v) is 5.27. The molecule has 0 aromatic heterocycles. The fourth-order valence-corrected chi connectivity index (χ4v) is 3.93. The van der Waals surface area contributed by atoms with E-state index in [9.17, 15) is 9.18 Å². The smallest absolute Gasteiger partial charge is 0.260 e. The molecule has 0 unspecified atom stereocenters. The van der Waals surface area contributed by atoms with Crippen LogP contribution in [-0.2, 0) is 0 Å². The van der Waals surface area contributed by atoms with E-state index in [0.717, 1.165) is 32.2 Å². The molecule has 0 spiro atoms. The van der Waals surface area contributed by atoms with Gasteiger partial charge in [-0.25, -0.2) is 4.39 Å². The summed E-state index contributed by atoms with van der Waals surface area (Å²) in [4.78, 5) is 17.3. The first-order valence-corrected chi connectivity index (χ1v) is 9.06. The number of amides is 1. The van der Waals surface area contributed by atoms with E-state index in [1.807, 2.05) is 4.90 Å². The molecule has 0 radical (unpaired) electrons. The summed E-state index contributed by atoms with van der Waals surface area (Å²) in [6, 6.07) is 4.76. The second kappa shape index (κ2) is 7.97. The second-order valence-corrected chi connectivity index (χ2v) is 6.80. The van der Waals surface area contributed by atoms with Crippen LogP contribution in [0.15, 0.2) is 18.2 Å². The summed E-state index contributed by atoms with van der Waals surface area (Å²) in [5.74, 6) is -0.400. The Labute approximate surface area is 143 Å². The first-order chi connectivity index (χ1) is 11.7. The number of ether oxygens (including phenoxy) is 1. The molecule has 1 aromatic carbocycles. The normalized spacial score (nSPS) is 21.9. The molecule has 1 atom stereocenters. The first kappa shape index (κ1) is 17.2. The Morgan fingerprint density at radius 2 is 1.96 bits per heavy atom. The number of piperidine rings is 1. The van der Waals surface area contributed by atoms with Crippen LogP contribution in [0.5, 0.6) is 5.75 Å². The summed E-state index contributed by atoms with van der Waals surface area (Å²) in [6.07, 6.45) is 6.67. The number of carbonyl (C=O) groups is 1. The lowest BCUT2D eigenvalue weighted by Crippen LogP contribution is -2.45. The highest BCUT2D eigenvalue weighted by atomic mass is 19.1. The molecule has 1 amide bonds. The average molecular weight is 334 g/mol. The number of hydrogen-bond donors (Lipinski definition) is 0. The highest BCUT2D eigenvalue weighted by molar-refractivity contribution is 5.97. The maximum atomic E-state index is 14.3. The van der Waals surface area contributed by atoms with Gasteiger partial charge in [0.1, 0.15) is 17.1 Å². The van der Waals surface area contributed by atoms with Gasteiger partial charge in [0.15, 0.2) is 0 Å². The Morgan fingerprint density at radius 3 is 2.71 bits per heavy atom. The second-order valence-electron chi connectivity index (χ2n) is 6.80. The van der Waals surface area contributed by atoms with Crippen molar-refractivity contribution in [3.05, 3.63) is 29.6 Å². The topological polar surface area (TPSA) is 32.8 Å². The van der Waals surface area contributed by atoms with E-state index in [1.54, 1.807) is 12.1 Å². The van der Waals surface area contributed by atoms with Crippen LogP contribution >= 0.6 is 0 Å². The predicted octanol–water partition coefficient (Wildman–Crippen LogP) is 3.31. The van der Waals surface area contributed by atoms with Gasteiger partial charge in [0.25, 0.3) is 5.91 Å². The maximum absolute atomic E-state index is 14.3. The van der Waals surface area contributed by atoms with Gasteiger partial charge >= 0.3 is 0 Å². The lowest BCUT2D eigenvalue weighted by Gasteiger charge is -2.37. The third-order valence-electron chi connectivity index (χ3n) is 5.27. The molecule has 5 heteroatoms. The lowest BCUT2D eigenvalue weighted by atomic mass is 9.97. The van der Waals surface area contributed by atoms with Crippen LogP contribution in [0.25, 0.3) is 0 Å². The van der Waals surface area contributed by atoms with Gasteiger partial charge in [0.05, 0.1) is 7.11 Å². The predicted molar refractivity (Wildman–Crippen MR) is 91.9 cm³/mol. The van der Waals surface area contributed by atoms with Crippen molar-refractivity contribution in [2.45, 2.75) is 44.6 Å². The molecule has 3 rings (SSSR count). The number of methoxy groups -OCH3 is 1. The van der Waals surface area contributed by atoms with E-state index in [2.05, 4.69) is 4.90 Å². The van der Waals surface area contributed by atoms with E-state index in [0.29, 0.717) is 12.3 Å². The van der Waals surface area contributed by atoms with Gasteiger partial charge in [-0.3, -0.25) is 4.79 Å². The van der Waals surface area contributed by atoms with Gasteiger partial charge in [-0.05, 0) is 63.7 Å². The van der Waals surface area contributed by atoms with Gasteiger partial charge in [-0.2, -0.15) is 0 Å². The van der Waals surface area contributed by atoms with Crippen LogP contribution in [0, 0.1) is 5.82 Å². The standard InChI is InChI=1S/C19H27FN2O2/c1-24-17-9-6-8-16(20)18(17)19(23)22-13-3-2-7-15(22)10-14-21-11-4-5-12-21/h6,8-9,15H,2-5,7,10-14H2,1H3/t15-/m1/s1. The van der Waals surface area contributed by atoms with Crippen molar-refractivity contribution in [3.8, 4) is 5.75 Å². The fraction of sp³-hybridized carbons (Fsp3) is 0.632. The molecular formula is C19H27FN2O2. The van der Waals surface area contributed by atoms with Crippen LogP contribution in [0.2, 0.25) is 0 Å². The molecule has 0 saturated carbocycles. The monoisotopic (exact) mass is 334 g/mol. The van der Waals surface area contributed by atoms with E-state index in [-0.39, 0.29) is 17.5 Å².